The maximum Gasteiger partial charge on any atom is 0.328 e. The molecule has 5 nitrogen and oxygen atoms in total. The molecule has 1 rings (SSSR count). The van der Waals surface area contributed by atoms with E-state index in [0.29, 0.717) is 11.4 Å². The van der Waals surface area contributed by atoms with Gasteiger partial charge in [-0.25, -0.2) is 9.78 Å². The van der Waals surface area contributed by atoms with E-state index in [-0.39, 0.29) is 0 Å². The predicted molar refractivity (Wildman–Crippen MR) is 59.0 cm³/mol. The van der Waals surface area contributed by atoms with Gasteiger partial charge >= 0.3 is 5.97 Å². The van der Waals surface area contributed by atoms with Crippen LogP contribution in [-0.4, -0.2) is 21.6 Å². The van der Waals surface area contributed by atoms with E-state index in [1.807, 2.05) is 6.07 Å². The van der Waals surface area contributed by atoms with Crippen LogP contribution in [0, 0.1) is 18.3 Å². The lowest BCUT2D eigenvalue weighted by Gasteiger charge is -2.22. The van der Waals surface area contributed by atoms with Gasteiger partial charge < -0.3 is 10.4 Å². The van der Waals surface area contributed by atoms with Crippen LogP contribution in [0.25, 0.3) is 0 Å². The van der Waals surface area contributed by atoms with Crippen LogP contribution >= 0.6 is 0 Å². The van der Waals surface area contributed by atoms with Gasteiger partial charge in [-0.1, -0.05) is 0 Å². The van der Waals surface area contributed by atoms with Crippen LogP contribution in [0.3, 0.4) is 0 Å². The van der Waals surface area contributed by atoms with Gasteiger partial charge in [0.25, 0.3) is 0 Å². The summed E-state index contributed by atoms with van der Waals surface area (Å²) in [6.45, 7) is 4.81. The van der Waals surface area contributed by atoms with Crippen molar-refractivity contribution in [1.82, 2.24) is 4.98 Å². The number of rotatable bonds is 3. The highest BCUT2D eigenvalue weighted by molar-refractivity contribution is 5.81. The lowest BCUT2D eigenvalue weighted by atomic mass is 10.1. The Labute approximate surface area is 93.7 Å². The second-order valence-electron chi connectivity index (χ2n) is 4.02. The molecule has 2 N–H and O–H groups in total. The zero-order chi connectivity index (χ0) is 12.3. The average Bonchev–Trinajstić information content (AvgIpc) is 2.17. The third-order valence-corrected chi connectivity index (χ3v) is 2.24. The Morgan fingerprint density at radius 2 is 2.25 bits per heavy atom. The molecular formula is C11H13N3O2. The standard InChI is InChI=1S/C11H13N3O2/c1-7-4-5-13-9(8(7)6-12)14-11(2,3)10(15)16/h4-5H,1-3H3,(H,13,14)(H,15,16). The number of hydrogen-bond acceptors (Lipinski definition) is 4. The predicted octanol–water partition coefficient (Wildman–Crippen LogP) is 1.54. The summed E-state index contributed by atoms with van der Waals surface area (Å²) in [6.07, 6.45) is 1.54. The number of anilines is 1. The number of carbonyl (C=O) groups is 1. The normalized spacial score (nSPS) is 10.6. The van der Waals surface area contributed by atoms with E-state index in [1.54, 1.807) is 13.0 Å². The van der Waals surface area contributed by atoms with Crippen LogP contribution < -0.4 is 5.32 Å². The van der Waals surface area contributed by atoms with Crippen molar-refractivity contribution in [2.24, 2.45) is 0 Å². The lowest BCUT2D eigenvalue weighted by molar-refractivity contribution is -0.141. The molecule has 16 heavy (non-hydrogen) atoms. The summed E-state index contributed by atoms with van der Waals surface area (Å²) in [4.78, 5) is 14.9. The van der Waals surface area contributed by atoms with Gasteiger partial charge in [0.1, 0.15) is 17.4 Å². The van der Waals surface area contributed by atoms with Gasteiger partial charge in [-0.05, 0) is 32.4 Å². The van der Waals surface area contributed by atoms with Crippen molar-refractivity contribution in [3.8, 4) is 6.07 Å². The van der Waals surface area contributed by atoms with Gasteiger partial charge in [0.05, 0.1) is 5.56 Å². The number of nitriles is 1. The monoisotopic (exact) mass is 219 g/mol. The quantitative estimate of drug-likeness (QED) is 0.805. The molecule has 0 aromatic carbocycles. The Morgan fingerprint density at radius 1 is 1.62 bits per heavy atom. The third kappa shape index (κ3) is 2.28. The highest BCUT2D eigenvalue weighted by Gasteiger charge is 2.28. The Balaban J connectivity index is 3.13. The highest BCUT2D eigenvalue weighted by Crippen LogP contribution is 2.19. The zero-order valence-corrected chi connectivity index (χ0v) is 9.40. The van der Waals surface area contributed by atoms with E-state index >= 15 is 0 Å². The fourth-order valence-corrected chi connectivity index (χ4v) is 1.14. The summed E-state index contributed by atoms with van der Waals surface area (Å²) in [7, 11) is 0. The van der Waals surface area contributed by atoms with E-state index in [9.17, 15) is 4.79 Å². The molecule has 0 radical (unpaired) electrons. The van der Waals surface area contributed by atoms with E-state index in [4.69, 9.17) is 10.4 Å². The molecule has 84 valence electrons. The molecule has 0 aliphatic carbocycles. The van der Waals surface area contributed by atoms with Crippen molar-refractivity contribution >= 4 is 11.8 Å². The molecule has 0 saturated heterocycles. The fourth-order valence-electron chi connectivity index (χ4n) is 1.14. The highest BCUT2D eigenvalue weighted by atomic mass is 16.4. The summed E-state index contributed by atoms with van der Waals surface area (Å²) < 4.78 is 0. The second-order valence-corrected chi connectivity index (χ2v) is 4.02. The van der Waals surface area contributed by atoms with Gasteiger partial charge in [0.2, 0.25) is 0 Å². The molecule has 0 aliphatic heterocycles. The van der Waals surface area contributed by atoms with Gasteiger partial charge in [-0.2, -0.15) is 5.26 Å². The first-order valence-electron chi connectivity index (χ1n) is 4.76. The molecule has 0 saturated carbocycles. The number of carboxylic acids is 1. The smallest absolute Gasteiger partial charge is 0.328 e. The van der Waals surface area contributed by atoms with Crippen molar-refractivity contribution in [1.29, 1.82) is 5.26 Å². The molecule has 0 amide bonds. The molecule has 0 atom stereocenters. The minimum absolute atomic E-state index is 0.301. The van der Waals surface area contributed by atoms with Crippen LogP contribution in [0.15, 0.2) is 12.3 Å². The minimum Gasteiger partial charge on any atom is -0.480 e. The van der Waals surface area contributed by atoms with Crippen LogP contribution in [0.2, 0.25) is 0 Å². The molecule has 5 heteroatoms. The molecule has 1 aromatic rings. The molecule has 0 bridgehead atoms. The van der Waals surface area contributed by atoms with E-state index in [0.717, 1.165) is 5.56 Å². The first kappa shape index (κ1) is 12.0. The molecule has 1 aromatic heterocycles. The molecule has 1 heterocycles. The minimum atomic E-state index is -1.16. The largest absolute Gasteiger partial charge is 0.480 e. The summed E-state index contributed by atoms with van der Waals surface area (Å²) in [5.41, 5.74) is -0.0233. The molecule has 0 fully saturated rings. The SMILES string of the molecule is Cc1ccnc(NC(C)(C)C(=O)O)c1C#N. The van der Waals surface area contributed by atoms with Crippen LogP contribution in [0.1, 0.15) is 25.0 Å². The maximum atomic E-state index is 10.9. The number of pyridine rings is 1. The molecule has 0 spiro atoms. The van der Waals surface area contributed by atoms with E-state index in [1.165, 1.54) is 20.0 Å². The first-order chi connectivity index (χ1) is 7.38. The van der Waals surface area contributed by atoms with E-state index in [2.05, 4.69) is 10.3 Å². The summed E-state index contributed by atoms with van der Waals surface area (Å²) in [6, 6.07) is 3.71. The van der Waals surface area contributed by atoms with E-state index < -0.39 is 11.5 Å². The number of nitrogens with one attached hydrogen (secondary N) is 1. The zero-order valence-electron chi connectivity index (χ0n) is 9.40. The van der Waals surface area contributed by atoms with Gasteiger partial charge in [0.15, 0.2) is 0 Å². The number of aryl methyl sites for hydroxylation is 1. The number of carboxylic acid groups (broad SMARTS) is 1. The second kappa shape index (κ2) is 4.19. The molecule has 0 aliphatic rings. The van der Waals surface area contributed by atoms with Crippen molar-refractivity contribution in [2.45, 2.75) is 26.3 Å². The first-order valence-corrected chi connectivity index (χ1v) is 4.76. The Kier molecular flexibility index (Phi) is 3.14. The van der Waals surface area contributed by atoms with Crippen LogP contribution in [0.5, 0.6) is 0 Å². The summed E-state index contributed by atoms with van der Waals surface area (Å²) >= 11 is 0. The Morgan fingerprint density at radius 3 is 2.75 bits per heavy atom. The maximum absolute atomic E-state index is 10.9. The summed E-state index contributed by atoms with van der Waals surface area (Å²) in [5.74, 6) is -0.699. The Hall–Kier alpha value is -2.09. The van der Waals surface area contributed by atoms with Crippen molar-refractivity contribution in [3.63, 3.8) is 0 Å². The van der Waals surface area contributed by atoms with Crippen molar-refractivity contribution < 1.29 is 9.90 Å². The number of hydrogen-bond donors (Lipinski definition) is 2. The average molecular weight is 219 g/mol. The number of aliphatic carboxylic acids is 1. The van der Waals surface area contributed by atoms with Gasteiger partial charge in [-0.3, -0.25) is 0 Å². The number of nitrogens with zero attached hydrogens (tertiary/aromatic N) is 2. The molecule has 0 unspecified atom stereocenters. The lowest BCUT2D eigenvalue weighted by Crippen LogP contribution is -2.40. The summed E-state index contributed by atoms with van der Waals surface area (Å²) in [5, 5.41) is 20.7. The van der Waals surface area contributed by atoms with Crippen molar-refractivity contribution in [2.75, 3.05) is 5.32 Å². The van der Waals surface area contributed by atoms with Gasteiger partial charge in [0, 0.05) is 6.20 Å². The van der Waals surface area contributed by atoms with Gasteiger partial charge in [-0.15, -0.1) is 0 Å². The Bertz CT molecular complexity index is 461. The third-order valence-electron chi connectivity index (χ3n) is 2.24. The van der Waals surface area contributed by atoms with Crippen LogP contribution in [-0.2, 0) is 4.79 Å². The fraction of sp³-hybridized carbons (Fsp3) is 0.364. The van der Waals surface area contributed by atoms with Crippen molar-refractivity contribution in [3.05, 3.63) is 23.4 Å². The number of aromatic nitrogens is 1. The van der Waals surface area contributed by atoms with Crippen LogP contribution in [0.4, 0.5) is 5.82 Å². The topological polar surface area (TPSA) is 86.0 Å². The molecular weight excluding hydrogens is 206 g/mol.